The van der Waals surface area contributed by atoms with Gasteiger partial charge in [0.25, 0.3) is 0 Å². The van der Waals surface area contributed by atoms with E-state index >= 15 is 0 Å². The van der Waals surface area contributed by atoms with Crippen LogP contribution in [0.5, 0.6) is 0 Å². The number of esters is 1. The lowest BCUT2D eigenvalue weighted by Crippen LogP contribution is -2.20. The van der Waals surface area contributed by atoms with Crippen LogP contribution in [0.2, 0.25) is 0 Å². The zero-order valence-electron chi connectivity index (χ0n) is 11.1. The molecule has 100 valence electrons. The zero-order chi connectivity index (χ0) is 13.2. The predicted molar refractivity (Wildman–Crippen MR) is 69.2 cm³/mol. The van der Waals surface area contributed by atoms with Crippen LogP contribution in [0.15, 0.2) is 6.33 Å². The Kier molecular flexibility index (Phi) is 3.59. The Labute approximate surface area is 107 Å². The van der Waals surface area contributed by atoms with E-state index in [-0.39, 0.29) is 11.1 Å². The number of hydrogen-bond acceptors (Lipinski definition) is 4. The van der Waals surface area contributed by atoms with Crippen molar-refractivity contribution in [3.8, 4) is 0 Å². The number of nitrogens with two attached hydrogens (primary N) is 1. The van der Waals surface area contributed by atoms with Crippen LogP contribution in [-0.2, 0) is 11.3 Å². The van der Waals surface area contributed by atoms with Crippen LogP contribution in [0.1, 0.15) is 50.0 Å². The Hall–Kier alpha value is -1.52. The minimum atomic E-state index is -0.440. The van der Waals surface area contributed by atoms with Crippen molar-refractivity contribution in [2.24, 2.45) is 5.41 Å². The quantitative estimate of drug-likeness (QED) is 0.833. The Morgan fingerprint density at radius 2 is 2.22 bits per heavy atom. The van der Waals surface area contributed by atoms with E-state index in [0.717, 1.165) is 6.54 Å². The predicted octanol–water partition coefficient (Wildman–Crippen LogP) is 2.22. The molecule has 0 bridgehead atoms. The average Bonchev–Trinajstić information content (AvgIpc) is 2.88. The first-order chi connectivity index (χ1) is 8.56. The highest BCUT2D eigenvalue weighted by atomic mass is 16.5. The van der Waals surface area contributed by atoms with E-state index in [2.05, 4.69) is 11.9 Å². The number of imidazole rings is 1. The Morgan fingerprint density at radius 1 is 1.56 bits per heavy atom. The van der Waals surface area contributed by atoms with Gasteiger partial charge in [0.2, 0.25) is 0 Å². The molecule has 0 aromatic carbocycles. The number of rotatable bonds is 4. The second-order valence-corrected chi connectivity index (χ2v) is 5.34. The van der Waals surface area contributed by atoms with Gasteiger partial charge >= 0.3 is 5.97 Å². The van der Waals surface area contributed by atoms with Gasteiger partial charge in [0.1, 0.15) is 5.82 Å². The molecule has 1 aliphatic carbocycles. The van der Waals surface area contributed by atoms with E-state index in [9.17, 15) is 4.79 Å². The monoisotopic (exact) mass is 251 g/mol. The standard InChI is InChI=1S/C13H21N3O2/c1-3-18-12(17)10-11(14)16(9-15-10)8-13(2)6-4-5-7-13/h9H,3-8,14H2,1-2H3. The highest BCUT2D eigenvalue weighted by Gasteiger charge is 2.30. The van der Waals surface area contributed by atoms with Crippen molar-refractivity contribution >= 4 is 11.8 Å². The topological polar surface area (TPSA) is 70.1 Å². The van der Waals surface area contributed by atoms with Gasteiger partial charge in [0.15, 0.2) is 5.69 Å². The summed E-state index contributed by atoms with van der Waals surface area (Å²) < 4.78 is 6.80. The number of hydrogen-bond donors (Lipinski definition) is 1. The van der Waals surface area contributed by atoms with Gasteiger partial charge in [0, 0.05) is 6.54 Å². The van der Waals surface area contributed by atoms with Crippen molar-refractivity contribution in [3.05, 3.63) is 12.0 Å². The lowest BCUT2D eigenvalue weighted by Gasteiger charge is -2.24. The third kappa shape index (κ3) is 2.49. The van der Waals surface area contributed by atoms with Crippen molar-refractivity contribution in [1.29, 1.82) is 0 Å². The summed E-state index contributed by atoms with van der Waals surface area (Å²) in [7, 11) is 0. The fourth-order valence-electron chi connectivity index (χ4n) is 2.67. The molecule has 1 fully saturated rings. The molecule has 1 aromatic heterocycles. The molecule has 0 saturated heterocycles. The summed E-state index contributed by atoms with van der Waals surface area (Å²) in [5.74, 6) is -0.0214. The first kappa shape index (κ1) is 12.9. The normalized spacial score (nSPS) is 17.9. The third-order valence-electron chi connectivity index (χ3n) is 3.71. The van der Waals surface area contributed by atoms with E-state index < -0.39 is 5.97 Å². The SMILES string of the molecule is CCOC(=O)c1ncn(CC2(C)CCCC2)c1N. The van der Waals surface area contributed by atoms with Crippen molar-refractivity contribution in [2.45, 2.75) is 46.1 Å². The smallest absolute Gasteiger partial charge is 0.360 e. The van der Waals surface area contributed by atoms with E-state index in [1.54, 1.807) is 13.3 Å². The summed E-state index contributed by atoms with van der Waals surface area (Å²) in [5.41, 5.74) is 6.48. The van der Waals surface area contributed by atoms with E-state index in [0.29, 0.717) is 12.4 Å². The molecular weight excluding hydrogens is 230 g/mol. The molecule has 1 aliphatic rings. The average molecular weight is 251 g/mol. The third-order valence-corrected chi connectivity index (χ3v) is 3.71. The van der Waals surface area contributed by atoms with Gasteiger partial charge in [-0.05, 0) is 25.2 Å². The Morgan fingerprint density at radius 3 is 2.83 bits per heavy atom. The molecule has 18 heavy (non-hydrogen) atoms. The number of nitrogen functional groups attached to an aromatic ring is 1. The van der Waals surface area contributed by atoms with Gasteiger partial charge in [-0.2, -0.15) is 0 Å². The molecule has 5 heteroatoms. The van der Waals surface area contributed by atoms with Crippen LogP contribution in [0.3, 0.4) is 0 Å². The fourth-order valence-corrected chi connectivity index (χ4v) is 2.67. The molecule has 0 aliphatic heterocycles. The maximum atomic E-state index is 11.6. The highest BCUT2D eigenvalue weighted by molar-refractivity contribution is 5.92. The molecule has 1 saturated carbocycles. The molecule has 0 radical (unpaired) electrons. The molecule has 1 aromatic rings. The number of carbonyl (C=O) groups excluding carboxylic acids is 1. The minimum Gasteiger partial charge on any atom is -0.461 e. The Balaban J connectivity index is 2.13. The van der Waals surface area contributed by atoms with Crippen LogP contribution < -0.4 is 5.73 Å². The first-order valence-electron chi connectivity index (χ1n) is 6.53. The van der Waals surface area contributed by atoms with Gasteiger partial charge < -0.3 is 15.0 Å². The van der Waals surface area contributed by atoms with Gasteiger partial charge in [-0.25, -0.2) is 9.78 Å². The maximum Gasteiger partial charge on any atom is 0.360 e. The largest absolute Gasteiger partial charge is 0.461 e. The van der Waals surface area contributed by atoms with E-state index in [1.165, 1.54) is 25.7 Å². The second-order valence-electron chi connectivity index (χ2n) is 5.34. The van der Waals surface area contributed by atoms with Crippen molar-refractivity contribution in [3.63, 3.8) is 0 Å². The van der Waals surface area contributed by atoms with Crippen LogP contribution in [-0.4, -0.2) is 22.1 Å². The van der Waals surface area contributed by atoms with Crippen LogP contribution in [0.4, 0.5) is 5.82 Å². The molecule has 1 heterocycles. The van der Waals surface area contributed by atoms with E-state index in [1.807, 2.05) is 4.57 Å². The number of anilines is 1. The number of carbonyl (C=O) groups is 1. The summed E-state index contributed by atoms with van der Waals surface area (Å²) in [6.07, 6.45) is 6.61. The summed E-state index contributed by atoms with van der Waals surface area (Å²) in [5, 5.41) is 0. The molecule has 2 N–H and O–H groups in total. The van der Waals surface area contributed by atoms with Gasteiger partial charge in [0.05, 0.1) is 12.9 Å². The zero-order valence-corrected chi connectivity index (χ0v) is 11.1. The fraction of sp³-hybridized carbons (Fsp3) is 0.692. The van der Waals surface area contributed by atoms with Crippen LogP contribution in [0, 0.1) is 5.41 Å². The maximum absolute atomic E-state index is 11.6. The van der Waals surface area contributed by atoms with Crippen LogP contribution in [0.25, 0.3) is 0 Å². The van der Waals surface area contributed by atoms with Gasteiger partial charge in [-0.15, -0.1) is 0 Å². The number of aromatic nitrogens is 2. The first-order valence-corrected chi connectivity index (χ1v) is 6.53. The van der Waals surface area contributed by atoms with Crippen molar-refractivity contribution < 1.29 is 9.53 Å². The Bertz CT molecular complexity index is 433. The van der Waals surface area contributed by atoms with Crippen molar-refractivity contribution in [2.75, 3.05) is 12.3 Å². The number of ether oxygens (including phenoxy) is 1. The second kappa shape index (κ2) is 5.00. The van der Waals surface area contributed by atoms with Crippen LogP contribution >= 0.6 is 0 Å². The summed E-state index contributed by atoms with van der Waals surface area (Å²) in [4.78, 5) is 15.7. The molecular formula is C13H21N3O2. The molecule has 0 spiro atoms. The lowest BCUT2D eigenvalue weighted by atomic mass is 9.89. The summed E-state index contributed by atoms with van der Waals surface area (Å²) in [6, 6.07) is 0. The molecule has 2 rings (SSSR count). The summed E-state index contributed by atoms with van der Waals surface area (Å²) in [6.45, 7) is 5.20. The minimum absolute atomic E-state index is 0.235. The van der Waals surface area contributed by atoms with Gasteiger partial charge in [-0.3, -0.25) is 0 Å². The lowest BCUT2D eigenvalue weighted by molar-refractivity contribution is 0.0521. The highest BCUT2D eigenvalue weighted by Crippen LogP contribution is 2.39. The van der Waals surface area contributed by atoms with E-state index in [4.69, 9.17) is 10.5 Å². The number of nitrogens with zero attached hydrogens (tertiary/aromatic N) is 2. The molecule has 0 unspecified atom stereocenters. The van der Waals surface area contributed by atoms with Gasteiger partial charge in [-0.1, -0.05) is 19.8 Å². The molecule has 0 amide bonds. The van der Waals surface area contributed by atoms with Crippen molar-refractivity contribution in [1.82, 2.24) is 9.55 Å². The molecule has 5 nitrogen and oxygen atoms in total. The molecule has 0 atom stereocenters. The summed E-state index contributed by atoms with van der Waals surface area (Å²) >= 11 is 0.